The number of ether oxygens (including phenoxy) is 1. The Kier molecular flexibility index (Phi) is 10.7. The van der Waals surface area contributed by atoms with Gasteiger partial charge in [0.05, 0.1) is 32.3 Å². The van der Waals surface area contributed by atoms with E-state index >= 15 is 0 Å². The average Bonchev–Trinajstić information content (AvgIpc) is 2.63. The van der Waals surface area contributed by atoms with Crippen LogP contribution >= 0.6 is 7.60 Å². The summed E-state index contributed by atoms with van der Waals surface area (Å²) in [7, 11) is -1.95. The molecule has 170 valence electrons. The summed E-state index contributed by atoms with van der Waals surface area (Å²) in [5.74, 6) is -1.86. The zero-order valence-electron chi connectivity index (χ0n) is 17.6. The quantitative estimate of drug-likeness (QED) is 0.254. The van der Waals surface area contributed by atoms with Crippen LogP contribution in [0, 0.1) is 0 Å². The van der Waals surface area contributed by atoms with Crippen molar-refractivity contribution in [1.29, 1.82) is 0 Å². The van der Waals surface area contributed by atoms with Crippen LogP contribution in [-0.2, 0) is 32.8 Å². The maximum Gasteiger partial charge on any atom is 0.349 e. The Morgan fingerprint density at radius 2 is 1.86 bits per heavy atom. The van der Waals surface area contributed by atoms with Crippen LogP contribution in [0.1, 0.15) is 40.5 Å². The molecule has 1 fully saturated rings. The van der Waals surface area contributed by atoms with E-state index in [-0.39, 0.29) is 39.2 Å². The predicted molar refractivity (Wildman–Crippen MR) is 103 cm³/mol. The number of carbonyl (C=O) groups is 2. The molecule has 0 aromatic carbocycles. The minimum absolute atomic E-state index is 0.00129. The molecular formula is C17H33N2O9P. The highest BCUT2D eigenvalue weighted by Crippen LogP contribution is 2.53. The van der Waals surface area contributed by atoms with E-state index < -0.39 is 43.7 Å². The topological polar surface area (TPSA) is 135 Å². The third-order valence-electron chi connectivity index (χ3n) is 4.41. The molecule has 3 unspecified atom stereocenters. The molecule has 0 spiro atoms. The molecule has 1 rings (SSSR count). The molecule has 0 aliphatic carbocycles. The standard InChI is InChI=1S/C17H33N2O9P/c1-6-26-29(24,27-7-2)13(4)18(5)28-12(3)17(23)25-9-8-19-15(21)10-14(20)11-16(19)22/h12-15,20-21H,6-11H2,1-5H3/t12?,13?,14?,15-/m1/s1. The van der Waals surface area contributed by atoms with Crippen molar-refractivity contribution < 1.29 is 43.0 Å². The number of amides is 1. The van der Waals surface area contributed by atoms with Gasteiger partial charge in [-0.25, -0.2) is 4.79 Å². The summed E-state index contributed by atoms with van der Waals surface area (Å²) in [6.45, 7) is 6.73. The number of hydrogen-bond acceptors (Lipinski definition) is 10. The number of hydrogen-bond donors (Lipinski definition) is 2. The maximum absolute atomic E-state index is 12.8. The lowest BCUT2D eigenvalue weighted by atomic mass is 10.1. The molecule has 1 aliphatic heterocycles. The Bertz CT molecular complexity index is 581. The summed E-state index contributed by atoms with van der Waals surface area (Å²) in [6.07, 6.45) is -3.01. The number of piperidine rings is 1. The normalized spacial score (nSPS) is 22.6. The molecule has 0 aromatic rings. The van der Waals surface area contributed by atoms with E-state index in [0.29, 0.717) is 0 Å². The van der Waals surface area contributed by atoms with Gasteiger partial charge in [0.25, 0.3) is 0 Å². The molecule has 12 heteroatoms. The van der Waals surface area contributed by atoms with E-state index in [4.69, 9.17) is 18.6 Å². The molecule has 11 nitrogen and oxygen atoms in total. The van der Waals surface area contributed by atoms with Gasteiger partial charge in [0, 0.05) is 13.5 Å². The zero-order chi connectivity index (χ0) is 22.2. The Balaban J connectivity index is 2.50. The van der Waals surface area contributed by atoms with Crippen molar-refractivity contribution in [2.24, 2.45) is 0 Å². The van der Waals surface area contributed by atoms with Gasteiger partial charge in [-0.05, 0) is 27.7 Å². The van der Waals surface area contributed by atoms with E-state index in [1.807, 2.05) is 0 Å². The molecule has 29 heavy (non-hydrogen) atoms. The van der Waals surface area contributed by atoms with Crippen molar-refractivity contribution in [2.45, 2.75) is 64.8 Å². The number of nitrogens with zero attached hydrogens (tertiary/aromatic N) is 2. The van der Waals surface area contributed by atoms with Crippen LogP contribution in [-0.4, -0.2) is 89.7 Å². The summed E-state index contributed by atoms with van der Waals surface area (Å²) in [6, 6.07) is 0. The summed E-state index contributed by atoms with van der Waals surface area (Å²) in [5, 5.41) is 20.5. The average molecular weight is 440 g/mol. The van der Waals surface area contributed by atoms with Gasteiger partial charge in [0.15, 0.2) is 6.10 Å². The molecule has 1 heterocycles. The van der Waals surface area contributed by atoms with E-state index in [9.17, 15) is 24.4 Å². The van der Waals surface area contributed by atoms with Crippen LogP contribution in [0.3, 0.4) is 0 Å². The fourth-order valence-electron chi connectivity index (χ4n) is 2.77. The van der Waals surface area contributed by atoms with E-state index in [1.165, 1.54) is 19.0 Å². The summed E-state index contributed by atoms with van der Waals surface area (Å²) < 4.78 is 28.4. The highest BCUT2D eigenvalue weighted by atomic mass is 31.2. The van der Waals surface area contributed by atoms with Crippen LogP contribution in [0.15, 0.2) is 0 Å². The van der Waals surface area contributed by atoms with Crippen LogP contribution in [0.4, 0.5) is 0 Å². The lowest BCUT2D eigenvalue weighted by Gasteiger charge is -2.34. The van der Waals surface area contributed by atoms with Gasteiger partial charge in [-0.2, -0.15) is 5.06 Å². The van der Waals surface area contributed by atoms with Gasteiger partial charge in [0.2, 0.25) is 5.91 Å². The van der Waals surface area contributed by atoms with Crippen LogP contribution in [0.5, 0.6) is 0 Å². The maximum atomic E-state index is 12.8. The zero-order valence-corrected chi connectivity index (χ0v) is 18.5. The number of hydroxylamine groups is 2. The molecule has 0 saturated carbocycles. The Morgan fingerprint density at radius 3 is 2.38 bits per heavy atom. The number of esters is 1. The number of aliphatic hydroxyl groups excluding tert-OH is 2. The fraction of sp³-hybridized carbons (Fsp3) is 0.882. The van der Waals surface area contributed by atoms with Gasteiger partial charge < -0.3 is 28.9 Å². The second-order valence-corrected chi connectivity index (χ2v) is 8.97. The molecule has 1 aliphatic rings. The highest BCUT2D eigenvalue weighted by molar-refractivity contribution is 7.54. The van der Waals surface area contributed by atoms with Gasteiger partial charge >= 0.3 is 13.6 Å². The summed E-state index contributed by atoms with van der Waals surface area (Å²) >= 11 is 0. The molecule has 1 saturated heterocycles. The first-order valence-corrected chi connectivity index (χ1v) is 11.3. The lowest BCUT2D eigenvalue weighted by Crippen LogP contribution is -2.49. The van der Waals surface area contributed by atoms with E-state index in [1.54, 1.807) is 20.8 Å². The van der Waals surface area contributed by atoms with Crippen LogP contribution < -0.4 is 0 Å². The number of carbonyl (C=O) groups excluding carboxylic acids is 2. The predicted octanol–water partition coefficient (Wildman–Crippen LogP) is 0.695. The minimum atomic E-state index is -3.46. The smallest absolute Gasteiger partial charge is 0.349 e. The fourth-order valence-corrected chi connectivity index (χ4v) is 4.45. The first kappa shape index (κ1) is 26.0. The Labute approximate surface area is 171 Å². The van der Waals surface area contributed by atoms with Crippen molar-refractivity contribution in [1.82, 2.24) is 9.96 Å². The summed E-state index contributed by atoms with van der Waals surface area (Å²) in [4.78, 5) is 30.6. The molecule has 0 bridgehead atoms. The van der Waals surface area contributed by atoms with E-state index in [2.05, 4.69) is 0 Å². The molecule has 0 aromatic heterocycles. The van der Waals surface area contributed by atoms with Gasteiger partial charge in [0.1, 0.15) is 18.6 Å². The first-order chi connectivity index (χ1) is 13.6. The second kappa shape index (κ2) is 11.9. The highest BCUT2D eigenvalue weighted by Gasteiger charge is 2.37. The number of rotatable bonds is 12. The third kappa shape index (κ3) is 7.60. The molecule has 4 atom stereocenters. The van der Waals surface area contributed by atoms with Crippen molar-refractivity contribution >= 4 is 19.5 Å². The third-order valence-corrected chi connectivity index (χ3v) is 6.88. The second-order valence-electron chi connectivity index (χ2n) is 6.63. The largest absolute Gasteiger partial charge is 0.462 e. The van der Waals surface area contributed by atoms with Crippen molar-refractivity contribution in [3.05, 3.63) is 0 Å². The monoisotopic (exact) mass is 440 g/mol. The molecular weight excluding hydrogens is 407 g/mol. The number of likely N-dealkylation sites (tertiary alicyclic amines) is 1. The molecule has 2 N–H and O–H groups in total. The SMILES string of the molecule is CCOP(=O)(OCC)C(C)N(C)OC(C)C(=O)OCCN1C(=O)CC(O)C[C@H]1O. The first-order valence-electron chi connectivity index (χ1n) is 9.66. The van der Waals surface area contributed by atoms with Crippen molar-refractivity contribution in [3.63, 3.8) is 0 Å². The Hall–Kier alpha value is -1.07. The minimum Gasteiger partial charge on any atom is -0.462 e. The molecule has 1 amide bonds. The van der Waals surface area contributed by atoms with Crippen LogP contribution in [0.2, 0.25) is 0 Å². The summed E-state index contributed by atoms with van der Waals surface area (Å²) in [5.41, 5.74) is 0. The van der Waals surface area contributed by atoms with Crippen molar-refractivity contribution in [3.8, 4) is 0 Å². The lowest BCUT2D eigenvalue weighted by molar-refractivity contribution is -0.206. The van der Waals surface area contributed by atoms with Gasteiger partial charge in [-0.3, -0.25) is 14.2 Å². The van der Waals surface area contributed by atoms with Crippen LogP contribution in [0.25, 0.3) is 0 Å². The van der Waals surface area contributed by atoms with Gasteiger partial charge in [-0.1, -0.05) is 0 Å². The Morgan fingerprint density at radius 1 is 1.28 bits per heavy atom. The van der Waals surface area contributed by atoms with E-state index in [0.717, 1.165) is 4.90 Å². The number of aliphatic hydroxyl groups is 2. The molecule has 0 radical (unpaired) electrons. The van der Waals surface area contributed by atoms with Crippen molar-refractivity contribution in [2.75, 3.05) is 33.4 Å². The van der Waals surface area contributed by atoms with Gasteiger partial charge in [-0.15, -0.1) is 0 Å².